The van der Waals surface area contributed by atoms with Crippen molar-refractivity contribution in [1.29, 1.82) is 4.78 Å². The lowest BCUT2D eigenvalue weighted by atomic mass is 9.89. The Labute approximate surface area is 170 Å². The number of ether oxygens (including phenoxy) is 1. The molecule has 4 rings (SSSR count). The number of fused-ring (bicyclic) bond motifs is 1. The molecule has 2 heterocycles. The molecule has 1 saturated carbocycles. The van der Waals surface area contributed by atoms with Gasteiger partial charge in [-0.25, -0.2) is 8.99 Å². The first-order chi connectivity index (χ1) is 13.7. The first-order valence-electron chi connectivity index (χ1n) is 9.95. The van der Waals surface area contributed by atoms with E-state index < -0.39 is 9.73 Å². The van der Waals surface area contributed by atoms with E-state index in [0.717, 1.165) is 48.1 Å². The van der Waals surface area contributed by atoms with Gasteiger partial charge < -0.3 is 14.3 Å². The van der Waals surface area contributed by atoms with Crippen molar-refractivity contribution in [3.8, 4) is 16.9 Å². The van der Waals surface area contributed by atoms with Gasteiger partial charge in [-0.2, -0.15) is 0 Å². The van der Waals surface area contributed by atoms with Gasteiger partial charge in [0.25, 0.3) is 5.56 Å². The number of hydrogen-bond donors (Lipinski definition) is 2. The Balaban J connectivity index is 1.87. The number of benzene rings is 1. The predicted octanol–water partition coefficient (Wildman–Crippen LogP) is 4.53. The average Bonchev–Trinajstić information content (AvgIpc) is 3.16. The second kappa shape index (κ2) is 7.37. The quantitative estimate of drug-likeness (QED) is 0.659. The Morgan fingerprint density at radius 2 is 1.90 bits per heavy atom. The molecule has 1 fully saturated rings. The molecule has 1 aromatic carbocycles. The van der Waals surface area contributed by atoms with Crippen molar-refractivity contribution in [2.24, 2.45) is 13.0 Å². The summed E-state index contributed by atoms with van der Waals surface area (Å²) in [6, 6.07) is 7.19. The van der Waals surface area contributed by atoms with Gasteiger partial charge in [-0.15, -0.1) is 0 Å². The molecule has 7 heteroatoms. The van der Waals surface area contributed by atoms with Crippen molar-refractivity contribution < 1.29 is 8.95 Å². The Bertz CT molecular complexity index is 1220. The summed E-state index contributed by atoms with van der Waals surface area (Å²) in [5.74, 6) is 1.44. The molecule has 0 radical (unpaired) electrons. The second-order valence-electron chi connectivity index (χ2n) is 8.23. The fourth-order valence-corrected chi connectivity index (χ4v) is 4.75. The molecule has 1 unspecified atom stereocenters. The lowest BCUT2D eigenvalue weighted by Crippen LogP contribution is -2.23. The maximum Gasteiger partial charge on any atom is 0.274 e. The van der Waals surface area contributed by atoms with Crippen LogP contribution in [0.3, 0.4) is 0 Å². The van der Waals surface area contributed by atoms with E-state index in [1.807, 2.05) is 12.1 Å². The van der Waals surface area contributed by atoms with Crippen LogP contribution in [0.1, 0.15) is 32.6 Å². The number of H-pyrrole nitrogens is 1. The van der Waals surface area contributed by atoms with Crippen LogP contribution in [-0.4, -0.2) is 26.1 Å². The maximum atomic E-state index is 12.5. The molecule has 2 N–H and O–H groups in total. The molecule has 1 aliphatic rings. The van der Waals surface area contributed by atoms with E-state index in [9.17, 15) is 9.00 Å². The van der Waals surface area contributed by atoms with Crippen LogP contribution in [-0.2, 0) is 16.8 Å². The van der Waals surface area contributed by atoms with Crippen molar-refractivity contribution >= 4 is 20.6 Å². The van der Waals surface area contributed by atoms with E-state index in [2.05, 4.69) is 11.9 Å². The van der Waals surface area contributed by atoms with Gasteiger partial charge >= 0.3 is 0 Å². The fourth-order valence-electron chi connectivity index (χ4n) is 4.08. The SMILES string of the molecule is CC1CCC(Oc2ccc(S(C)(=N)=O)cc2-c2cn(C)c(=O)c3[nH]ccc23)CC1. The third kappa shape index (κ3) is 3.83. The van der Waals surface area contributed by atoms with Crippen LogP contribution in [0.4, 0.5) is 0 Å². The summed E-state index contributed by atoms with van der Waals surface area (Å²) in [7, 11) is -1.17. The highest BCUT2D eigenvalue weighted by atomic mass is 32.2. The van der Waals surface area contributed by atoms with Crippen LogP contribution in [0.2, 0.25) is 0 Å². The lowest BCUT2D eigenvalue weighted by Gasteiger charge is -2.28. The highest BCUT2D eigenvalue weighted by Crippen LogP contribution is 2.38. The molecule has 0 spiro atoms. The topological polar surface area (TPSA) is 87.9 Å². The van der Waals surface area contributed by atoms with Crippen molar-refractivity contribution in [2.75, 3.05) is 6.26 Å². The Kier molecular flexibility index (Phi) is 5.02. The highest BCUT2D eigenvalue weighted by molar-refractivity contribution is 7.91. The molecule has 1 aliphatic carbocycles. The summed E-state index contributed by atoms with van der Waals surface area (Å²) in [6.45, 7) is 2.27. The van der Waals surface area contributed by atoms with E-state index in [0.29, 0.717) is 16.2 Å². The summed E-state index contributed by atoms with van der Waals surface area (Å²) < 4.78 is 28.4. The van der Waals surface area contributed by atoms with E-state index in [1.165, 1.54) is 10.8 Å². The Morgan fingerprint density at radius 3 is 2.59 bits per heavy atom. The van der Waals surface area contributed by atoms with Crippen molar-refractivity contribution in [2.45, 2.75) is 43.6 Å². The van der Waals surface area contributed by atoms with E-state index >= 15 is 0 Å². The molecular weight excluding hydrogens is 386 g/mol. The summed E-state index contributed by atoms with van der Waals surface area (Å²) in [5, 5.41) is 0.792. The van der Waals surface area contributed by atoms with Gasteiger partial charge in [-0.3, -0.25) is 4.79 Å². The summed E-state index contributed by atoms with van der Waals surface area (Å²) in [4.78, 5) is 15.9. The molecule has 6 nitrogen and oxygen atoms in total. The standard InChI is InChI=1S/C22H27N3O3S/c1-14-4-6-15(7-5-14)28-20-9-8-16(29(3,23)27)12-18(20)19-13-25(2)22(26)21-17(19)10-11-24-21/h8-15,23-24H,4-7H2,1-3H3. The minimum atomic E-state index is -2.88. The smallest absolute Gasteiger partial charge is 0.274 e. The third-order valence-electron chi connectivity index (χ3n) is 5.84. The number of aromatic nitrogens is 2. The van der Waals surface area contributed by atoms with Crippen molar-refractivity contribution in [3.63, 3.8) is 0 Å². The number of pyridine rings is 1. The molecule has 1 atom stereocenters. The number of aryl methyl sites for hydroxylation is 1. The fraction of sp³-hybridized carbons (Fsp3) is 0.409. The zero-order chi connectivity index (χ0) is 20.8. The molecule has 0 aliphatic heterocycles. The van der Waals surface area contributed by atoms with E-state index in [4.69, 9.17) is 9.52 Å². The molecule has 2 aromatic heterocycles. The zero-order valence-electron chi connectivity index (χ0n) is 17.0. The van der Waals surface area contributed by atoms with Gasteiger partial charge in [0.1, 0.15) is 11.3 Å². The van der Waals surface area contributed by atoms with Crippen LogP contribution in [0.25, 0.3) is 22.0 Å². The summed E-state index contributed by atoms with van der Waals surface area (Å²) in [5.41, 5.74) is 2.01. The monoisotopic (exact) mass is 413 g/mol. The minimum Gasteiger partial charge on any atom is -0.490 e. The van der Waals surface area contributed by atoms with Crippen LogP contribution in [0, 0.1) is 10.7 Å². The highest BCUT2D eigenvalue weighted by Gasteiger charge is 2.22. The van der Waals surface area contributed by atoms with E-state index in [1.54, 1.807) is 31.6 Å². The number of nitrogens with one attached hydrogen (secondary N) is 2. The van der Waals surface area contributed by atoms with Gasteiger partial charge in [0.2, 0.25) is 0 Å². The summed E-state index contributed by atoms with van der Waals surface area (Å²) in [6.07, 6.45) is 9.42. The number of nitrogens with zero attached hydrogens (tertiary/aromatic N) is 1. The minimum absolute atomic E-state index is 0.103. The van der Waals surface area contributed by atoms with Gasteiger partial charge in [0, 0.05) is 47.1 Å². The van der Waals surface area contributed by atoms with Gasteiger partial charge in [-0.05, 0) is 55.9 Å². The first kappa shape index (κ1) is 19.8. The number of hydrogen-bond acceptors (Lipinski definition) is 4. The van der Waals surface area contributed by atoms with Crippen LogP contribution < -0.4 is 10.3 Å². The Morgan fingerprint density at radius 1 is 1.17 bits per heavy atom. The number of aromatic amines is 1. The molecule has 29 heavy (non-hydrogen) atoms. The molecule has 3 aromatic rings. The number of rotatable bonds is 4. The predicted molar refractivity (Wildman–Crippen MR) is 116 cm³/mol. The van der Waals surface area contributed by atoms with Crippen molar-refractivity contribution in [1.82, 2.24) is 9.55 Å². The van der Waals surface area contributed by atoms with Gasteiger partial charge in [-0.1, -0.05) is 6.92 Å². The average molecular weight is 414 g/mol. The maximum absolute atomic E-state index is 12.5. The second-order valence-corrected chi connectivity index (χ2v) is 10.4. The molecule has 154 valence electrons. The largest absolute Gasteiger partial charge is 0.490 e. The van der Waals surface area contributed by atoms with Crippen LogP contribution in [0.15, 0.2) is 46.3 Å². The normalized spacial score (nSPS) is 21.8. The van der Waals surface area contributed by atoms with E-state index in [-0.39, 0.29) is 11.7 Å². The Hall–Kier alpha value is -2.54. The van der Waals surface area contributed by atoms with Crippen molar-refractivity contribution in [3.05, 3.63) is 47.0 Å². The van der Waals surface area contributed by atoms with Crippen LogP contribution >= 0.6 is 0 Å². The molecule has 0 saturated heterocycles. The lowest BCUT2D eigenvalue weighted by molar-refractivity contribution is 0.136. The summed E-state index contributed by atoms with van der Waals surface area (Å²) >= 11 is 0. The van der Waals surface area contributed by atoms with Crippen LogP contribution in [0.5, 0.6) is 5.75 Å². The molecule has 0 amide bonds. The first-order valence-corrected chi connectivity index (χ1v) is 11.9. The molecule has 0 bridgehead atoms. The molecular formula is C22H27N3O3S. The van der Waals surface area contributed by atoms with Gasteiger partial charge in [0.15, 0.2) is 0 Å². The van der Waals surface area contributed by atoms with Gasteiger partial charge in [0.05, 0.1) is 15.8 Å². The zero-order valence-corrected chi connectivity index (χ0v) is 17.8. The third-order valence-corrected chi connectivity index (χ3v) is 7.00.